The summed E-state index contributed by atoms with van der Waals surface area (Å²) in [4.78, 5) is 31.8. The van der Waals surface area contributed by atoms with Crippen LogP contribution in [0, 0.1) is 20.8 Å². The van der Waals surface area contributed by atoms with Crippen molar-refractivity contribution in [3.8, 4) is 11.7 Å². The summed E-state index contributed by atoms with van der Waals surface area (Å²) in [6, 6.07) is 9.38. The van der Waals surface area contributed by atoms with Crippen LogP contribution >= 0.6 is 0 Å². The first-order chi connectivity index (χ1) is 14.8. The number of aliphatic hydroxyl groups is 1. The third kappa shape index (κ3) is 3.77. The summed E-state index contributed by atoms with van der Waals surface area (Å²) in [6.07, 6.45) is -0.938. The minimum absolute atomic E-state index is 0.0199. The van der Waals surface area contributed by atoms with Gasteiger partial charge in [-0.1, -0.05) is 18.2 Å². The van der Waals surface area contributed by atoms with Gasteiger partial charge in [0, 0.05) is 12.7 Å². The standard InChI is InChI=1S/C21H24N6O4/c1-12-7-5-6-8-16(12)31-11-15(28)10-26-18-17(25(4)21(30)22-18)19(29)23-20(26)27-14(3)9-13(2)24-27/h5-9,15,28H,10-11H2,1-4H3,(H,22,30). The number of aromatic nitrogens is 6. The summed E-state index contributed by atoms with van der Waals surface area (Å²) in [7, 11) is 1.50. The molecule has 31 heavy (non-hydrogen) atoms. The van der Waals surface area contributed by atoms with Gasteiger partial charge in [-0.15, -0.1) is 0 Å². The zero-order chi connectivity index (χ0) is 22.3. The molecule has 10 nitrogen and oxygen atoms in total. The van der Waals surface area contributed by atoms with Gasteiger partial charge in [0.05, 0.1) is 12.2 Å². The van der Waals surface area contributed by atoms with Gasteiger partial charge in [-0.3, -0.25) is 18.9 Å². The molecular formula is C21H24N6O4. The number of aliphatic hydroxyl groups excluding tert-OH is 1. The molecule has 1 atom stereocenters. The molecule has 4 aromatic rings. The Morgan fingerprint density at radius 3 is 2.61 bits per heavy atom. The van der Waals surface area contributed by atoms with Gasteiger partial charge in [-0.05, 0) is 38.5 Å². The van der Waals surface area contributed by atoms with E-state index >= 15 is 0 Å². The topological polar surface area (TPSA) is 120 Å². The lowest BCUT2D eigenvalue weighted by Gasteiger charge is -2.19. The second-order valence-electron chi connectivity index (χ2n) is 7.58. The van der Waals surface area contributed by atoms with Gasteiger partial charge in [-0.2, -0.15) is 10.1 Å². The minimum atomic E-state index is -0.938. The van der Waals surface area contributed by atoms with Gasteiger partial charge in [0.1, 0.15) is 24.1 Å². The van der Waals surface area contributed by atoms with Crippen LogP contribution in [0.3, 0.4) is 0 Å². The van der Waals surface area contributed by atoms with Crippen molar-refractivity contribution in [2.75, 3.05) is 6.61 Å². The molecule has 0 fully saturated rings. The van der Waals surface area contributed by atoms with Crippen LogP contribution in [0.1, 0.15) is 17.0 Å². The van der Waals surface area contributed by atoms with E-state index in [9.17, 15) is 14.7 Å². The first-order valence-electron chi connectivity index (χ1n) is 9.86. The van der Waals surface area contributed by atoms with Crippen LogP contribution in [-0.2, 0) is 13.6 Å². The minimum Gasteiger partial charge on any atom is -0.491 e. The van der Waals surface area contributed by atoms with Crippen molar-refractivity contribution in [1.29, 1.82) is 0 Å². The highest BCUT2D eigenvalue weighted by Crippen LogP contribution is 2.18. The summed E-state index contributed by atoms with van der Waals surface area (Å²) in [5.74, 6) is 0.886. The van der Waals surface area contributed by atoms with Crippen molar-refractivity contribution < 1.29 is 9.84 Å². The maximum Gasteiger partial charge on any atom is 0.327 e. The number of fused-ring (bicyclic) bond motifs is 1. The van der Waals surface area contributed by atoms with Crippen LogP contribution in [0.15, 0.2) is 39.9 Å². The highest BCUT2D eigenvalue weighted by atomic mass is 16.5. The van der Waals surface area contributed by atoms with Crippen molar-refractivity contribution in [2.45, 2.75) is 33.4 Å². The van der Waals surface area contributed by atoms with Crippen molar-refractivity contribution in [3.05, 3.63) is 68.1 Å². The number of para-hydroxylation sites is 1. The lowest BCUT2D eigenvalue weighted by atomic mass is 10.2. The van der Waals surface area contributed by atoms with Crippen LogP contribution < -0.4 is 16.0 Å². The first-order valence-corrected chi connectivity index (χ1v) is 9.86. The molecule has 0 bridgehead atoms. The summed E-state index contributed by atoms with van der Waals surface area (Å²) < 4.78 is 10.1. The maximum absolute atomic E-state index is 12.7. The molecule has 0 radical (unpaired) electrons. The number of nitrogens with zero attached hydrogens (tertiary/aromatic N) is 5. The molecule has 162 valence electrons. The molecule has 3 heterocycles. The van der Waals surface area contributed by atoms with Gasteiger partial charge >= 0.3 is 11.2 Å². The molecule has 10 heteroatoms. The lowest BCUT2D eigenvalue weighted by Crippen LogP contribution is -2.29. The quantitative estimate of drug-likeness (QED) is 0.476. The predicted molar refractivity (Wildman–Crippen MR) is 115 cm³/mol. The maximum atomic E-state index is 12.7. The zero-order valence-electron chi connectivity index (χ0n) is 17.8. The van der Waals surface area contributed by atoms with Crippen LogP contribution in [0.4, 0.5) is 0 Å². The normalized spacial score (nSPS) is 12.4. The number of aromatic amines is 1. The number of H-pyrrole nitrogens is 1. The van der Waals surface area contributed by atoms with E-state index < -0.39 is 17.4 Å². The van der Waals surface area contributed by atoms with Gasteiger partial charge in [0.15, 0.2) is 5.52 Å². The monoisotopic (exact) mass is 424 g/mol. The zero-order valence-corrected chi connectivity index (χ0v) is 17.8. The lowest BCUT2D eigenvalue weighted by molar-refractivity contribution is 0.0925. The number of nitrogens with one attached hydrogen (secondary N) is 1. The van der Waals surface area contributed by atoms with E-state index in [-0.39, 0.29) is 30.3 Å². The molecule has 2 N–H and O–H groups in total. The third-order valence-corrected chi connectivity index (χ3v) is 5.12. The Kier molecular flexibility index (Phi) is 5.24. The molecule has 0 aliphatic rings. The van der Waals surface area contributed by atoms with E-state index in [1.807, 2.05) is 51.1 Å². The number of imidazole rings is 1. The van der Waals surface area contributed by atoms with Crippen LogP contribution in [0.2, 0.25) is 0 Å². The molecule has 0 aliphatic heterocycles. The largest absolute Gasteiger partial charge is 0.491 e. The molecule has 1 aromatic carbocycles. The summed E-state index contributed by atoms with van der Waals surface area (Å²) in [6.45, 7) is 5.65. The number of ether oxygens (including phenoxy) is 1. The Morgan fingerprint density at radius 2 is 1.94 bits per heavy atom. The molecule has 3 aromatic heterocycles. The van der Waals surface area contributed by atoms with Crippen molar-refractivity contribution in [3.63, 3.8) is 0 Å². The molecule has 0 saturated heterocycles. The molecule has 0 aliphatic carbocycles. The molecule has 4 rings (SSSR count). The van der Waals surface area contributed by atoms with E-state index in [2.05, 4.69) is 15.1 Å². The highest BCUT2D eigenvalue weighted by molar-refractivity contribution is 5.71. The highest BCUT2D eigenvalue weighted by Gasteiger charge is 2.21. The summed E-state index contributed by atoms with van der Waals surface area (Å²) >= 11 is 0. The van der Waals surface area contributed by atoms with Crippen LogP contribution in [0.5, 0.6) is 5.75 Å². The predicted octanol–water partition coefficient (Wildman–Crippen LogP) is 0.974. The van der Waals surface area contributed by atoms with E-state index in [0.717, 1.165) is 17.0 Å². The number of hydrogen-bond donors (Lipinski definition) is 2. The SMILES string of the molecule is Cc1cc(C)n(-c2nc(=O)c3c([nH]c(=O)n3C)n2CC(O)COc2ccccc2C)n1. The smallest absolute Gasteiger partial charge is 0.327 e. The van der Waals surface area contributed by atoms with E-state index in [0.29, 0.717) is 5.75 Å². The number of aryl methyl sites for hydroxylation is 4. The number of hydrogen-bond acceptors (Lipinski definition) is 6. The molecule has 1 unspecified atom stereocenters. The van der Waals surface area contributed by atoms with Gasteiger partial charge in [0.2, 0.25) is 5.95 Å². The molecule has 0 spiro atoms. The average Bonchev–Trinajstić information content (AvgIpc) is 3.21. The fourth-order valence-corrected chi connectivity index (χ4v) is 3.58. The molecule has 0 saturated carbocycles. The van der Waals surface area contributed by atoms with E-state index in [4.69, 9.17) is 4.74 Å². The Bertz CT molecular complexity index is 1380. The van der Waals surface area contributed by atoms with Gasteiger partial charge in [-0.25, -0.2) is 9.48 Å². The van der Waals surface area contributed by atoms with E-state index in [1.165, 1.54) is 16.3 Å². The summed E-state index contributed by atoms with van der Waals surface area (Å²) in [5.41, 5.74) is 1.87. The second-order valence-corrected chi connectivity index (χ2v) is 7.58. The summed E-state index contributed by atoms with van der Waals surface area (Å²) in [5, 5.41) is 15.1. The Morgan fingerprint density at radius 1 is 1.19 bits per heavy atom. The fraction of sp³-hybridized carbons (Fsp3) is 0.333. The third-order valence-electron chi connectivity index (χ3n) is 5.12. The fourth-order valence-electron chi connectivity index (χ4n) is 3.58. The molecular weight excluding hydrogens is 400 g/mol. The van der Waals surface area contributed by atoms with Crippen molar-refractivity contribution in [2.24, 2.45) is 7.05 Å². The Balaban J connectivity index is 1.77. The molecule has 0 amide bonds. The van der Waals surface area contributed by atoms with E-state index in [1.54, 1.807) is 4.57 Å². The first kappa shape index (κ1) is 20.6. The second kappa shape index (κ2) is 7.88. The van der Waals surface area contributed by atoms with Gasteiger partial charge in [0.25, 0.3) is 0 Å². The Labute approximate surface area is 177 Å². The van der Waals surface area contributed by atoms with Crippen LogP contribution in [-0.4, -0.2) is 46.7 Å². The van der Waals surface area contributed by atoms with Crippen molar-refractivity contribution >= 4 is 11.2 Å². The average molecular weight is 424 g/mol. The van der Waals surface area contributed by atoms with Gasteiger partial charge < -0.3 is 9.84 Å². The number of benzene rings is 1. The number of rotatable bonds is 6. The van der Waals surface area contributed by atoms with Crippen molar-refractivity contribution in [1.82, 2.24) is 28.9 Å². The van der Waals surface area contributed by atoms with Crippen LogP contribution in [0.25, 0.3) is 17.1 Å². The Hall–Kier alpha value is -3.66.